The average molecular weight is 208 g/mol. The van der Waals surface area contributed by atoms with Crippen LogP contribution in [0.15, 0.2) is 0 Å². The summed E-state index contributed by atoms with van der Waals surface area (Å²) in [6.07, 6.45) is 4.01. The Morgan fingerprint density at radius 2 is 2.15 bits per heavy atom. The number of esters is 1. The maximum atomic E-state index is 11.3. The summed E-state index contributed by atoms with van der Waals surface area (Å²) in [6, 6.07) is 0. The van der Waals surface area contributed by atoms with Crippen LogP contribution in [0.5, 0.6) is 0 Å². The number of halogens is 1. The van der Waals surface area contributed by atoms with E-state index in [-0.39, 0.29) is 29.8 Å². The van der Waals surface area contributed by atoms with E-state index in [9.17, 15) is 4.79 Å². The van der Waals surface area contributed by atoms with Crippen LogP contribution in [0.1, 0.15) is 32.6 Å². The van der Waals surface area contributed by atoms with E-state index < -0.39 is 0 Å². The van der Waals surface area contributed by atoms with Gasteiger partial charge in [-0.3, -0.25) is 4.79 Å². The number of hydrogen-bond donors (Lipinski definition) is 1. The molecule has 0 spiro atoms. The molecule has 0 aromatic heterocycles. The van der Waals surface area contributed by atoms with Gasteiger partial charge in [0.15, 0.2) is 0 Å². The Kier molecular flexibility index (Phi) is 4.71. The molecule has 0 heterocycles. The normalized spacial score (nSPS) is 33.3. The minimum atomic E-state index is -0.356. The van der Waals surface area contributed by atoms with E-state index in [2.05, 4.69) is 0 Å². The maximum absolute atomic E-state index is 11.3. The van der Waals surface area contributed by atoms with Gasteiger partial charge in [-0.15, -0.1) is 12.4 Å². The van der Waals surface area contributed by atoms with Gasteiger partial charge >= 0.3 is 5.97 Å². The van der Waals surface area contributed by atoms with Gasteiger partial charge in [0, 0.05) is 5.54 Å². The van der Waals surface area contributed by atoms with Crippen molar-refractivity contribution in [2.45, 2.75) is 38.1 Å². The number of hydrogen-bond acceptors (Lipinski definition) is 3. The summed E-state index contributed by atoms with van der Waals surface area (Å²) < 4.78 is 4.71. The topological polar surface area (TPSA) is 52.3 Å². The van der Waals surface area contributed by atoms with E-state index in [0.717, 1.165) is 25.7 Å². The van der Waals surface area contributed by atoms with Crippen LogP contribution in [0.3, 0.4) is 0 Å². The van der Waals surface area contributed by atoms with Crippen LogP contribution < -0.4 is 5.73 Å². The van der Waals surface area contributed by atoms with Gasteiger partial charge in [-0.1, -0.05) is 12.8 Å². The molecule has 1 aliphatic carbocycles. The van der Waals surface area contributed by atoms with Crippen molar-refractivity contribution in [3.8, 4) is 0 Å². The third-order valence-electron chi connectivity index (χ3n) is 2.74. The molecule has 1 rings (SSSR count). The smallest absolute Gasteiger partial charge is 0.310 e. The van der Waals surface area contributed by atoms with Crippen molar-refractivity contribution in [1.82, 2.24) is 0 Å². The molecular weight excluding hydrogens is 190 g/mol. The maximum Gasteiger partial charge on any atom is 0.310 e. The first-order valence-corrected chi connectivity index (χ1v) is 4.44. The summed E-state index contributed by atoms with van der Waals surface area (Å²) in [5.41, 5.74) is 5.64. The van der Waals surface area contributed by atoms with Crippen LogP contribution in [0.2, 0.25) is 0 Å². The molecule has 4 heteroatoms. The van der Waals surface area contributed by atoms with Gasteiger partial charge in [0.1, 0.15) is 0 Å². The average Bonchev–Trinajstić information content (AvgIpc) is 2.02. The minimum Gasteiger partial charge on any atom is -0.469 e. The Hall–Kier alpha value is -0.280. The molecule has 1 aliphatic rings. The van der Waals surface area contributed by atoms with E-state index in [1.165, 1.54) is 7.11 Å². The fourth-order valence-electron chi connectivity index (χ4n) is 1.89. The lowest BCUT2D eigenvalue weighted by Crippen LogP contribution is -2.50. The van der Waals surface area contributed by atoms with Gasteiger partial charge in [0.2, 0.25) is 0 Å². The molecule has 0 aromatic carbocycles. The second-order valence-corrected chi connectivity index (χ2v) is 3.83. The molecule has 0 aromatic rings. The summed E-state index contributed by atoms with van der Waals surface area (Å²) in [7, 11) is 1.42. The predicted molar refractivity (Wildman–Crippen MR) is 53.8 cm³/mol. The lowest BCUT2D eigenvalue weighted by molar-refractivity contribution is -0.149. The fraction of sp³-hybridized carbons (Fsp3) is 0.889. The number of carbonyl (C=O) groups excluding carboxylic acids is 1. The molecule has 0 radical (unpaired) electrons. The summed E-state index contributed by atoms with van der Waals surface area (Å²) in [5.74, 6) is -0.254. The highest BCUT2D eigenvalue weighted by atomic mass is 35.5. The van der Waals surface area contributed by atoms with Gasteiger partial charge < -0.3 is 10.5 Å². The molecule has 2 atom stereocenters. The van der Waals surface area contributed by atoms with Crippen LogP contribution >= 0.6 is 12.4 Å². The van der Waals surface area contributed by atoms with Crippen LogP contribution in [-0.4, -0.2) is 18.6 Å². The van der Waals surface area contributed by atoms with Crippen molar-refractivity contribution in [3.05, 3.63) is 0 Å². The highest BCUT2D eigenvalue weighted by Gasteiger charge is 2.38. The molecule has 2 unspecified atom stereocenters. The van der Waals surface area contributed by atoms with Gasteiger partial charge in [-0.25, -0.2) is 0 Å². The zero-order chi connectivity index (χ0) is 9.19. The van der Waals surface area contributed by atoms with Gasteiger partial charge in [0.05, 0.1) is 13.0 Å². The summed E-state index contributed by atoms with van der Waals surface area (Å²) in [4.78, 5) is 11.3. The molecule has 0 aliphatic heterocycles. The molecule has 13 heavy (non-hydrogen) atoms. The molecule has 78 valence electrons. The van der Waals surface area contributed by atoms with Crippen molar-refractivity contribution in [2.24, 2.45) is 11.7 Å². The van der Waals surface area contributed by atoms with E-state index >= 15 is 0 Å². The first-order valence-electron chi connectivity index (χ1n) is 4.44. The molecule has 1 fully saturated rings. The van der Waals surface area contributed by atoms with Crippen molar-refractivity contribution in [2.75, 3.05) is 7.11 Å². The summed E-state index contributed by atoms with van der Waals surface area (Å²) in [5, 5.41) is 0. The summed E-state index contributed by atoms with van der Waals surface area (Å²) in [6.45, 7) is 1.94. The largest absolute Gasteiger partial charge is 0.469 e. The van der Waals surface area contributed by atoms with Crippen molar-refractivity contribution >= 4 is 18.4 Å². The van der Waals surface area contributed by atoms with Crippen molar-refractivity contribution < 1.29 is 9.53 Å². The number of methoxy groups -OCH3 is 1. The molecule has 2 N–H and O–H groups in total. The highest BCUT2D eigenvalue weighted by molar-refractivity contribution is 5.85. The molecule has 0 bridgehead atoms. The number of ether oxygens (including phenoxy) is 1. The highest BCUT2D eigenvalue weighted by Crippen LogP contribution is 2.32. The van der Waals surface area contributed by atoms with Gasteiger partial charge in [-0.2, -0.15) is 0 Å². The van der Waals surface area contributed by atoms with E-state index in [1.54, 1.807) is 0 Å². The standard InChI is InChI=1S/C9H17NO2.ClH/c1-9(10)6-4-3-5-7(9)8(11)12-2;/h7H,3-6,10H2,1-2H3;1H. The third kappa shape index (κ3) is 2.85. The molecule has 1 saturated carbocycles. The number of rotatable bonds is 1. The van der Waals surface area contributed by atoms with Crippen molar-refractivity contribution in [1.29, 1.82) is 0 Å². The number of carbonyl (C=O) groups is 1. The zero-order valence-corrected chi connectivity index (χ0v) is 9.02. The van der Waals surface area contributed by atoms with E-state index in [1.807, 2.05) is 6.92 Å². The van der Waals surface area contributed by atoms with Crippen molar-refractivity contribution in [3.63, 3.8) is 0 Å². The Labute approximate surface area is 85.4 Å². The fourth-order valence-corrected chi connectivity index (χ4v) is 1.89. The van der Waals surface area contributed by atoms with Crippen LogP contribution in [0, 0.1) is 5.92 Å². The van der Waals surface area contributed by atoms with Gasteiger partial charge in [-0.05, 0) is 19.8 Å². The monoisotopic (exact) mass is 207 g/mol. The van der Waals surface area contributed by atoms with E-state index in [4.69, 9.17) is 10.5 Å². The van der Waals surface area contributed by atoms with E-state index in [0.29, 0.717) is 0 Å². The summed E-state index contributed by atoms with van der Waals surface area (Å²) >= 11 is 0. The Balaban J connectivity index is 0.00000144. The first kappa shape index (κ1) is 12.7. The second-order valence-electron chi connectivity index (χ2n) is 3.83. The Morgan fingerprint density at radius 3 is 2.62 bits per heavy atom. The lowest BCUT2D eigenvalue weighted by Gasteiger charge is -2.36. The zero-order valence-electron chi connectivity index (χ0n) is 8.21. The molecule has 0 saturated heterocycles. The Morgan fingerprint density at radius 1 is 1.54 bits per heavy atom. The predicted octanol–water partition coefficient (Wildman–Crippen LogP) is 1.49. The Bertz CT molecular complexity index is 182. The molecule has 0 amide bonds. The van der Waals surface area contributed by atoms with Gasteiger partial charge in [0.25, 0.3) is 0 Å². The lowest BCUT2D eigenvalue weighted by atomic mass is 9.75. The third-order valence-corrected chi connectivity index (χ3v) is 2.74. The minimum absolute atomic E-state index is 0. The SMILES string of the molecule is COC(=O)C1CCCCC1(C)N.Cl. The second kappa shape index (κ2) is 4.82. The first-order chi connectivity index (χ1) is 5.58. The quantitative estimate of drug-likeness (QED) is 0.663. The van der Waals surface area contributed by atoms with Crippen LogP contribution in [0.4, 0.5) is 0 Å². The number of nitrogens with two attached hydrogens (primary N) is 1. The van der Waals surface area contributed by atoms with Crippen LogP contribution in [-0.2, 0) is 9.53 Å². The molecule has 3 nitrogen and oxygen atoms in total. The van der Waals surface area contributed by atoms with Crippen LogP contribution in [0.25, 0.3) is 0 Å². The molecular formula is C9H18ClNO2.